The van der Waals surface area contributed by atoms with Crippen molar-refractivity contribution in [2.45, 2.75) is 20.4 Å². The van der Waals surface area contributed by atoms with E-state index < -0.39 is 0 Å². The molecular formula is C21H24N2O4. The van der Waals surface area contributed by atoms with Gasteiger partial charge < -0.3 is 20.1 Å². The number of hydrogen-bond acceptors (Lipinski definition) is 4. The first-order valence-corrected chi connectivity index (χ1v) is 8.65. The molecule has 0 aliphatic carbocycles. The molecule has 0 saturated carbocycles. The summed E-state index contributed by atoms with van der Waals surface area (Å²) in [4.78, 5) is 23.0. The molecule has 2 aromatic rings. The van der Waals surface area contributed by atoms with E-state index in [0.717, 1.165) is 11.1 Å². The number of carbonyl (C=O) groups excluding carboxylic acids is 2. The van der Waals surface area contributed by atoms with Crippen LogP contribution in [0.1, 0.15) is 25.0 Å². The van der Waals surface area contributed by atoms with Crippen LogP contribution in [-0.2, 0) is 16.1 Å². The van der Waals surface area contributed by atoms with Gasteiger partial charge in [-0.1, -0.05) is 18.2 Å². The standard InChI is InChI=1S/C21H24N2O4/c1-4-27-19-11-7-17(13-20(19)26-3)14-22-21(25)12-8-16-5-9-18(10-6-16)23-15(2)24/h5-13H,4,14H2,1-3H3,(H,22,25)(H,23,24)/b12-8+. The highest BCUT2D eigenvalue weighted by atomic mass is 16.5. The quantitative estimate of drug-likeness (QED) is 0.701. The number of anilines is 1. The second kappa shape index (κ2) is 10.0. The number of hydrogen-bond donors (Lipinski definition) is 2. The molecule has 0 aliphatic rings. The van der Waals surface area contributed by atoms with E-state index in [9.17, 15) is 9.59 Å². The van der Waals surface area contributed by atoms with Gasteiger partial charge in [-0.2, -0.15) is 0 Å². The van der Waals surface area contributed by atoms with Gasteiger partial charge in [0.2, 0.25) is 11.8 Å². The van der Waals surface area contributed by atoms with Crippen LogP contribution in [0, 0.1) is 0 Å². The van der Waals surface area contributed by atoms with E-state index in [4.69, 9.17) is 9.47 Å². The van der Waals surface area contributed by atoms with Crippen LogP contribution >= 0.6 is 0 Å². The summed E-state index contributed by atoms with van der Waals surface area (Å²) in [5, 5.41) is 5.53. The fourth-order valence-corrected chi connectivity index (χ4v) is 2.40. The molecule has 0 heterocycles. The average Bonchev–Trinajstić information content (AvgIpc) is 2.66. The normalized spacial score (nSPS) is 10.5. The molecule has 2 rings (SSSR count). The molecule has 0 aliphatic heterocycles. The lowest BCUT2D eigenvalue weighted by Crippen LogP contribution is -2.20. The Morgan fingerprint density at radius 1 is 1.07 bits per heavy atom. The van der Waals surface area contributed by atoms with Gasteiger partial charge in [-0.15, -0.1) is 0 Å². The Labute approximate surface area is 159 Å². The minimum atomic E-state index is -0.200. The molecular weight excluding hydrogens is 344 g/mol. The number of benzene rings is 2. The van der Waals surface area contributed by atoms with Crippen molar-refractivity contribution in [3.8, 4) is 11.5 Å². The molecule has 6 nitrogen and oxygen atoms in total. The highest BCUT2D eigenvalue weighted by Gasteiger charge is 2.06. The van der Waals surface area contributed by atoms with Crippen molar-refractivity contribution in [3.63, 3.8) is 0 Å². The van der Waals surface area contributed by atoms with Crippen molar-refractivity contribution in [2.75, 3.05) is 19.0 Å². The first-order valence-electron chi connectivity index (χ1n) is 8.65. The molecule has 0 fully saturated rings. The van der Waals surface area contributed by atoms with Gasteiger partial charge in [-0.05, 0) is 48.4 Å². The largest absolute Gasteiger partial charge is 0.493 e. The maximum Gasteiger partial charge on any atom is 0.244 e. The number of methoxy groups -OCH3 is 1. The summed E-state index contributed by atoms with van der Waals surface area (Å²) in [6.07, 6.45) is 3.19. The molecule has 0 unspecified atom stereocenters. The second-order valence-corrected chi connectivity index (χ2v) is 5.77. The lowest BCUT2D eigenvalue weighted by atomic mass is 10.2. The Balaban J connectivity index is 1.90. The van der Waals surface area contributed by atoms with Crippen molar-refractivity contribution in [2.24, 2.45) is 0 Å². The predicted molar refractivity (Wildman–Crippen MR) is 106 cm³/mol. The van der Waals surface area contributed by atoms with Gasteiger partial charge in [0, 0.05) is 25.2 Å². The first kappa shape index (κ1) is 20.0. The molecule has 0 saturated heterocycles. The van der Waals surface area contributed by atoms with Gasteiger partial charge in [0.05, 0.1) is 13.7 Å². The van der Waals surface area contributed by atoms with Crippen LogP contribution in [0.25, 0.3) is 6.08 Å². The van der Waals surface area contributed by atoms with Gasteiger partial charge >= 0.3 is 0 Å². The third-order valence-electron chi connectivity index (χ3n) is 3.65. The summed E-state index contributed by atoms with van der Waals surface area (Å²) in [6, 6.07) is 12.8. The predicted octanol–water partition coefficient (Wildman–Crippen LogP) is 3.38. The fourth-order valence-electron chi connectivity index (χ4n) is 2.40. The van der Waals surface area contributed by atoms with Gasteiger partial charge in [0.1, 0.15) is 0 Å². The lowest BCUT2D eigenvalue weighted by molar-refractivity contribution is -0.116. The molecule has 2 amide bonds. The summed E-state index contributed by atoms with van der Waals surface area (Å²) >= 11 is 0. The second-order valence-electron chi connectivity index (χ2n) is 5.77. The SMILES string of the molecule is CCOc1ccc(CNC(=O)/C=C/c2ccc(NC(C)=O)cc2)cc1OC. The molecule has 142 valence electrons. The first-order chi connectivity index (χ1) is 13.0. The minimum absolute atomic E-state index is 0.122. The van der Waals surface area contributed by atoms with E-state index in [1.165, 1.54) is 13.0 Å². The summed E-state index contributed by atoms with van der Waals surface area (Å²) in [6.45, 7) is 4.31. The van der Waals surface area contributed by atoms with Crippen LogP contribution in [-0.4, -0.2) is 25.5 Å². The molecule has 2 N–H and O–H groups in total. The minimum Gasteiger partial charge on any atom is -0.493 e. The number of nitrogens with one attached hydrogen (secondary N) is 2. The van der Waals surface area contributed by atoms with Crippen LogP contribution in [0.2, 0.25) is 0 Å². The van der Waals surface area contributed by atoms with Gasteiger partial charge in [-0.3, -0.25) is 9.59 Å². The van der Waals surface area contributed by atoms with Crippen LogP contribution in [0.15, 0.2) is 48.5 Å². The van der Waals surface area contributed by atoms with E-state index in [1.807, 2.05) is 37.3 Å². The Kier molecular flexibility index (Phi) is 7.43. The lowest BCUT2D eigenvalue weighted by Gasteiger charge is -2.11. The Hall–Kier alpha value is -3.28. The van der Waals surface area contributed by atoms with Crippen LogP contribution < -0.4 is 20.1 Å². The van der Waals surface area contributed by atoms with Gasteiger partial charge in [0.15, 0.2) is 11.5 Å². The van der Waals surface area contributed by atoms with Crippen molar-refractivity contribution >= 4 is 23.6 Å². The topological polar surface area (TPSA) is 76.7 Å². The molecule has 0 radical (unpaired) electrons. The average molecular weight is 368 g/mol. The molecule has 0 atom stereocenters. The zero-order valence-corrected chi connectivity index (χ0v) is 15.7. The molecule has 0 aromatic heterocycles. The number of rotatable bonds is 8. The van der Waals surface area contributed by atoms with Crippen molar-refractivity contribution in [1.29, 1.82) is 0 Å². The Morgan fingerprint density at radius 2 is 1.81 bits per heavy atom. The summed E-state index contributed by atoms with van der Waals surface area (Å²) in [5.74, 6) is 0.994. The third-order valence-corrected chi connectivity index (χ3v) is 3.65. The van der Waals surface area contributed by atoms with E-state index >= 15 is 0 Å². The zero-order valence-electron chi connectivity index (χ0n) is 15.7. The van der Waals surface area contributed by atoms with Crippen LogP contribution in [0.5, 0.6) is 11.5 Å². The summed E-state index contributed by atoms with van der Waals surface area (Å²) in [5.41, 5.74) is 2.49. The van der Waals surface area contributed by atoms with Crippen molar-refractivity contribution < 1.29 is 19.1 Å². The van der Waals surface area contributed by atoms with Crippen molar-refractivity contribution in [1.82, 2.24) is 5.32 Å². The molecule has 0 spiro atoms. The van der Waals surface area contributed by atoms with Crippen LogP contribution in [0.4, 0.5) is 5.69 Å². The monoisotopic (exact) mass is 368 g/mol. The highest BCUT2D eigenvalue weighted by Crippen LogP contribution is 2.27. The fraction of sp³-hybridized carbons (Fsp3) is 0.238. The van der Waals surface area contributed by atoms with E-state index in [0.29, 0.717) is 30.3 Å². The highest BCUT2D eigenvalue weighted by molar-refractivity contribution is 5.92. The van der Waals surface area contributed by atoms with Gasteiger partial charge in [0.25, 0.3) is 0 Å². The third kappa shape index (κ3) is 6.51. The molecule has 6 heteroatoms. The van der Waals surface area contributed by atoms with Crippen LogP contribution in [0.3, 0.4) is 0 Å². The number of amides is 2. The van der Waals surface area contributed by atoms with Crippen molar-refractivity contribution in [3.05, 3.63) is 59.7 Å². The molecule has 0 bridgehead atoms. The Bertz CT molecular complexity index is 813. The zero-order chi connectivity index (χ0) is 19.6. The van der Waals surface area contributed by atoms with E-state index in [1.54, 1.807) is 25.3 Å². The summed E-state index contributed by atoms with van der Waals surface area (Å²) < 4.78 is 10.8. The maximum atomic E-state index is 12.0. The molecule has 27 heavy (non-hydrogen) atoms. The van der Waals surface area contributed by atoms with E-state index in [2.05, 4.69) is 10.6 Å². The Morgan fingerprint density at radius 3 is 2.44 bits per heavy atom. The smallest absolute Gasteiger partial charge is 0.244 e. The van der Waals surface area contributed by atoms with Gasteiger partial charge in [-0.25, -0.2) is 0 Å². The summed E-state index contributed by atoms with van der Waals surface area (Å²) in [7, 11) is 1.58. The maximum absolute atomic E-state index is 12.0. The number of ether oxygens (including phenoxy) is 2. The number of carbonyl (C=O) groups is 2. The molecule has 2 aromatic carbocycles. The van der Waals surface area contributed by atoms with E-state index in [-0.39, 0.29) is 11.8 Å².